The molecule has 0 aromatic carbocycles. The number of nitrogens with one attached hydrogen (secondary N) is 1. The van der Waals surface area contributed by atoms with E-state index in [1.54, 1.807) is 11.8 Å². The molecule has 3 amide bonds. The molecule has 0 saturated carbocycles. The Kier molecular flexibility index (Phi) is 4.59. The minimum Gasteiger partial charge on any atom is -0.319 e. The first-order chi connectivity index (χ1) is 7.43. The number of hydrogen-bond acceptors (Lipinski definition) is 2. The van der Waals surface area contributed by atoms with Crippen LogP contribution in [0.4, 0.5) is 4.79 Å². The highest BCUT2D eigenvalue weighted by molar-refractivity contribution is 6.31. The fourth-order valence-corrected chi connectivity index (χ4v) is 2.15. The topological polar surface area (TPSA) is 49.4 Å². The first kappa shape index (κ1) is 13.3. The van der Waals surface area contributed by atoms with Crippen molar-refractivity contribution in [2.45, 2.75) is 57.5 Å². The minimum atomic E-state index is -0.681. The largest absolute Gasteiger partial charge is 0.324 e. The molecule has 0 aromatic heterocycles. The van der Waals surface area contributed by atoms with Crippen LogP contribution >= 0.6 is 11.6 Å². The van der Waals surface area contributed by atoms with Crippen molar-refractivity contribution in [1.29, 1.82) is 0 Å². The lowest BCUT2D eigenvalue weighted by Gasteiger charge is -2.38. The molecule has 16 heavy (non-hydrogen) atoms. The van der Waals surface area contributed by atoms with Gasteiger partial charge in [-0.05, 0) is 40.0 Å². The number of nitrogens with zero attached hydrogens (tertiary/aromatic N) is 1. The summed E-state index contributed by atoms with van der Waals surface area (Å²) in [5.74, 6) is -0.434. The van der Waals surface area contributed by atoms with E-state index in [4.69, 9.17) is 11.6 Å². The second-order valence-electron chi connectivity index (χ2n) is 4.45. The summed E-state index contributed by atoms with van der Waals surface area (Å²) in [7, 11) is 0. The van der Waals surface area contributed by atoms with E-state index < -0.39 is 11.3 Å². The van der Waals surface area contributed by atoms with Crippen molar-refractivity contribution < 1.29 is 9.59 Å². The van der Waals surface area contributed by atoms with Crippen molar-refractivity contribution >= 4 is 23.5 Å². The van der Waals surface area contributed by atoms with Gasteiger partial charge in [0.2, 0.25) is 5.91 Å². The van der Waals surface area contributed by atoms with Crippen LogP contribution in [0.3, 0.4) is 0 Å². The molecule has 3 atom stereocenters. The zero-order valence-electron chi connectivity index (χ0n) is 10.00. The van der Waals surface area contributed by atoms with Gasteiger partial charge in [-0.3, -0.25) is 10.1 Å². The number of halogens is 1. The minimum absolute atomic E-state index is 0.183. The van der Waals surface area contributed by atoms with Crippen LogP contribution in [0, 0.1) is 0 Å². The van der Waals surface area contributed by atoms with Crippen molar-refractivity contribution in [2.75, 3.05) is 0 Å². The number of alkyl halides is 1. The van der Waals surface area contributed by atoms with Crippen LogP contribution in [0.1, 0.15) is 40.0 Å². The molecule has 0 bridgehead atoms. The van der Waals surface area contributed by atoms with E-state index in [0.717, 1.165) is 19.3 Å². The number of urea groups is 1. The molecule has 0 spiro atoms. The molecule has 1 fully saturated rings. The number of carbonyl (C=O) groups excluding carboxylic acids is 2. The number of rotatable bonds is 1. The van der Waals surface area contributed by atoms with Gasteiger partial charge in [-0.15, -0.1) is 11.6 Å². The average Bonchev–Trinajstić information content (AvgIpc) is 2.16. The summed E-state index contributed by atoms with van der Waals surface area (Å²) in [5, 5.41) is 1.64. The maximum absolute atomic E-state index is 11.9. The predicted octanol–water partition coefficient (Wildman–Crippen LogP) is 2.11. The Morgan fingerprint density at radius 2 is 1.81 bits per heavy atom. The monoisotopic (exact) mass is 246 g/mol. The van der Waals surface area contributed by atoms with E-state index in [9.17, 15) is 9.59 Å². The Bertz CT molecular complexity index is 271. The van der Waals surface area contributed by atoms with E-state index in [-0.39, 0.29) is 18.1 Å². The molecule has 1 N–H and O–H groups in total. The van der Waals surface area contributed by atoms with Crippen LogP contribution in [0.25, 0.3) is 0 Å². The fourth-order valence-electron chi connectivity index (χ4n) is 2.09. The lowest BCUT2D eigenvalue weighted by Crippen LogP contribution is -2.53. The van der Waals surface area contributed by atoms with Crippen LogP contribution < -0.4 is 5.32 Å². The molecule has 1 aliphatic heterocycles. The Balaban J connectivity index is 2.61. The summed E-state index contributed by atoms with van der Waals surface area (Å²) in [6, 6.07) is 0.0431. The Hall–Kier alpha value is -0.770. The van der Waals surface area contributed by atoms with Gasteiger partial charge in [-0.25, -0.2) is 4.79 Å². The molecule has 1 rings (SSSR count). The van der Waals surface area contributed by atoms with Crippen LogP contribution in [-0.2, 0) is 4.79 Å². The molecule has 4 nitrogen and oxygen atoms in total. The van der Waals surface area contributed by atoms with Gasteiger partial charge in [-0.2, -0.15) is 0 Å². The van der Waals surface area contributed by atoms with Crippen molar-refractivity contribution in [2.24, 2.45) is 0 Å². The number of carbonyl (C=O) groups is 2. The van der Waals surface area contributed by atoms with E-state index >= 15 is 0 Å². The normalized spacial score (nSPS) is 27.4. The second kappa shape index (κ2) is 5.53. The molecule has 0 radical (unpaired) electrons. The standard InChI is InChI=1S/C11H19ClN2O2/c1-7-5-4-6-8(2)14(7)11(16)13-10(15)9(3)12/h7-9H,4-6H2,1-3H3,(H,13,15,16). The molecule has 1 aliphatic rings. The SMILES string of the molecule is CC(Cl)C(=O)NC(=O)N1C(C)CCCC1C. The summed E-state index contributed by atoms with van der Waals surface area (Å²) in [6.45, 7) is 5.56. The molecular formula is C11H19ClN2O2. The van der Waals surface area contributed by atoms with E-state index in [1.807, 2.05) is 13.8 Å². The molecule has 1 heterocycles. The van der Waals surface area contributed by atoms with Gasteiger partial charge in [0.15, 0.2) is 0 Å². The Morgan fingerprint density at radius 3 is 2.25 bits per heavy atom. The maximum Gasteiger partial charge on any atom is 0.324 e. The quantitative estimate of drug-likeness (QED) is 0.721. The summed E-state index contributed by atoms with van der Waals surface area (Å²) < 4.78 is 0. The van der Waals surface area contributed by atoms with E-state index in [2.05, 4.69) is 5.32 Å². The highest BCUT2D eigenvalue weighted by Gasteiger charge is 2.30. The van der Waals surface area contributed by atoms with Crippen molar-refractivity contribution in [1.82, 2.24) is 10.2 Å². The Morgan fingerprint density at radius 1 is 1.31 bits per heavy atom. The summed E-state index contributed by atoms with van der Waals surface area (Å²) in [5.41, 5.74) is 0. The molecule has 1 saturated heterocycles. The van der Waals surface area contributed by atoms with Gasteiger partial charge in [0.25, 0.3) is 0 Å². The van der Waals surface area contributed by atoms with Gasteiger partial charge >= 0.3 is 6.03 Å². The first-order valence-electron chi connectivity index (χ1n) is 5.70. The van der Waals surface area contributed by atoms with Gasteiger partial charge in [0.05, 0.1) is 0 Å². The number of piperidine rings is 1. The van der Waals surface area contributed by atoms with Crippen molar-refractivity contribution in [3.05, 3.63) is 0 Å². The number of likely N-dealkylation sites (tertiary alicyclic amines) is 1. The zero-order valence-corrected chi connectivity index (χ0v) is 10.8. The van der Waals surface area contributed by atoms with Gasteiger partial charge < -0.3 is 4.90 Å². The summed E-state index contributed by atoms with van der Waals surface area (Å²) in [4.78, 5) is 24.9. The smallest absolute Gasteiger partial charge is 0.319 e. The van der Waals surface area contributed by atoms with Crippen LogP contribution in [-0.4, -0.2) is 34.3 Å². The predicted molar refractivity (Wildman–Crippen MR) is 63.5 cm³/mol. The average molecular weight is 247 g/mol. The molecule has 92 valence electrons. The van der Waals surface area contributed by atoms with Gasteiger partial charge in [0.1, 0.15) is 5.38 Å². The van der Waals surface area contributed by atoms with Gasteiger partial charge in [-0.1, -0.05) is 0 Å². The number of hydrogen-bond donors (Lipinski definition) is 1. The fraction of sp³-hybridized carbons (Fsp3) is 0.818. The lowest BCUT2D eigenvalue weighted by atomic mass is 9.98. The number of amides is 3. The molecule has 0 aromatic rings. The third-order valence-electron chi connectivity index (χ3n) is 3.02. The number of imide groups is 1. The molecule has 5 heteroatoms. The highest BCUT2D eigenvalue weighted by Crippen LogP contribution is 2.22. The van der Waals surface area contributed by atoms with Crippen molar-refractivity contribution in [3.63, 3.8) is 0 Å². The zero-order chi connectivity index (χ0) is 12.3. The maximum atomic E-state index is 11.9. The molecular weight excluding hydrogens is 228 g/mol. The first-order valence-corrected chi connectivity index (χ1v) is 6.14. The van der Waals surface area contributed by atoms with Crippen LogP contribution in [0.15, 0.2) is 0 Å². The van der Waals surface area contributed by atoms with Crippen LogP contribution in [0.2, 0.25) is 0 Å². The third-order valence-corrected chi connectivity index (χ3v) is 3.22. The lowest BCUT2D eigenvalue weighted by molar-refractivity contribution is -0.119. The highest BCUT2D eigenvalue weighted by atomic mass is 35.5. The molecule has 3 unspecified atom stereocenters. The van der Waals surface area contributed by atoms with Gasteiger partial charge in [0, 0.05) is 12.1 Å². The second-order valence-corrected chi connectivity index (χ2v) is 5.10. The van der Waals surface area contributed by atoms with Crippen LogP contribution in [0.5, 0.6) is 0 Å². The van der Waals surface area contributed by atoms with E-state index in [1.165, 1.54) is 0 Å². The van der Waals surface area contributed by atoms with Crippen molar-refractivity contribution in [3.8, 4) is 0 Å². The molecule has 0 aliphatic carbocycles. The summed E-state index contributed by atoms with van der Waals surface area (Å²) in [6.07, 6.45) is 3.11. The van der Waals surface area contributed by atoms with E-state index in [0.29, 0.717) is 0 Å². The summed E-state index contributed by atoms with van der Waals surface area (Å²) >= 11 is 5.60. The third kappa shape index (κ3) is 3.11. The Labute approximate surface area is 101 Å².